The van der Waals surface area contributed by atoms with E-state index >= 15 is 0 Å². The zero-order valence-electron chi connectivity index (χ0n) is 16.5. The SMILES string of the molecule is CC#CCN(CC(=O)O)C(=O)c1ccc2c(Cc3c[nH]c4ccccc34)c[nH]c2c1. The third-order valence-corrected chi connectivity index (χ3v) is 5.13. The maximum Gasteiger partial charge on any atom is 0.323 e. The lowest BCUT2D eigenvalue weighted by Gasteiger charge is -2.18. The van der Waals surface area contributed by atoms with E-state index < -0.39 is 5.97 Å². The van der Waals surface area contributed by atoms with Gasteiger partial charge >= 0.3 is 5.97 Å². The van der Waals surface area contributed by atoms with Gasteiger partial charge in [-0.3, -0.25) is 9.59 Å². The number of nitrogens with zero attached hydrogens (tertiary/aromatic N) is 1. The van der Waals surface area contributed by atoms with Gasteiger partial charge in [0.25, 0.3) is 5.91 Å². The lowest BCUT2D eigenvalue weighted by Crippen LogP contribution is -2.36. The molecule has 0 radical (unpaired) electrons. The minimum absolute atomic E-state index is 0.0796. The van der Waals surface area contributed by atoms with Crippen LogP contribution >= 0.6 is 0 Å². The predicted molar refractivity (Wildman–Crippen MR) is 116 cm³/mol. The molecule has 30 heavy (non-hydrogen) atoms. The van der Waals surface area contributed by atoms with E-state index in [0.29, 0.717) is 5.56 Å². The van der Waals surface area contributed by atoms with Gasteiger partial charge in [0.15, 0.2) is 0 Å². The number of carbonyl (C=O) groups excluding carboxylic acids is 1. The number of aromatic amines is 2. The van der Waals surface area contributed by atoms with Gasteiger partial charge in [-0.25, -0.2) is 0 Å². The second-order valence-corrected chi connectivity index (χ2v) is 7.09. The normalized spacial score (nSPS) is 10.7. The van der Waals surface area contributed by atoms with Gasteiger partial charge in [0.1, 0.15) is 6.54 Å². The van der Waals surface area contributed by atoms with Crippen LogP contribution in [0.2, 0.25) is 0 Å². The van der Waals surface area contributed by atoms with Crippen LogP contribution in [0.1, 0.15) is 28.4 Å². The Balaban J connectivity index is 1.62. The molecule has 0 aliphatic rings. The number of rotatable bonds is 6. The molecule has 2 aromatic carbocycles. The van der Waals surface area contributed by atoms with E-state index in [1.54, 1.807) is 19.1 Å². The Morgan fingerprint density at radius 2 is 1.70 bits per heavy atom. The van der Waals surface area contributed by atoms with Crippen molar-refractivity contribution in [2.45, 2.75) is 13.3 Å². The summed E-state index contributed by atoms with van der Waals surface area (Å²) in [6, 6.07) is 13.6. The summed E-state index contributed by atoms with van der Waals surface area (Å²) in [5.74, 6) is 4.05. The Kier molecular flexibility index (Phi) is 5.27. The number of carboxylic acid groups (broad SMARTS) is 1. The smallest absolute Gasteiger partial charge is 0.323 e. The molecule has 4 rings (SSSR count). The Hall–Kier alpha value is -3.98. The van der Waals surface area contributed by atoms with Gasteiger partial charge in [-0.05, 0) is 36.2 Å². The fourth-order valence-corrected chi connectivity index (χ4v) is 3.67. The first-order valence-electron chi connectivity index (χ1n) is 9.62. The Bertz CT molecular complexity index is 1300. The number of aromatic nitrogens is 2. The zero-order valence-corrected chi connectivity index (χ0v) is 16.5. The molecule has 0 aliphatic carbocycles. The average Bonchev–Trinajstić information content (AvgIpc) is 3.34. The highest BCUT2D eigenvalue weighted by molar-refractivity contribution is 6.00. The molecule has 2 aromatic heterocycles. The number of para-hydroxylation sites is 1. The zero-order chi connectivity index (χ0) is 21.1. The number of amides is 1. The summed E-state index contributed by atoms with van der Waals surface area (Å²) in [6.45, 7) is 1.35. The molecule has 0 bridgehead atoms. The number of carboxylic acids is 1. The van der Waals surface area contributed by atoms with Gasteiger partial charge in [0, 0.05) is 46.2 Å². The van der Waals surface area contributed by atoms with Crippen molar-refractivity contribution >= 4 is 33.7 Å². The Morgan fingerprint density at radius 3 is 2.43 bits per heavy atom. The lowest BCUT2D eigenvalue weighted by molar-refractivity contribution is -0.137. The third-order valence-electron chi connectivity index (χ3n) is 5.13. The quantitative estimate of drug-likeness (QED) is 0.431. The van der Waals surface area contributed by atoms with Crippen molar-refractivity contribution in [3.8, 4) is 11.8 Å². The molecule has 1 amide bonds. The number of nitrogens with one attached hydrogen (secondary N) is 2. The van der Waals surface area contributed by atoms with E-state index in [-0.39, 0.29) is 19.0 Å². The monoisotopic (exact) mass is 399 g/mol. The molecule has 0 saturated carbocycles. The molecule has 150 valence electrons. The maximum atomic E-state index is 12.8. The number of aliphatic carboxylic acids is 1. The van der Waals surface area contributed by atoms with Crippen molar-refractivity contribution in [1.82, 2.24) is 14.9 Å². The summed E-state index contributed by atoms with van der Waals surface area (Å²) in [6.07, 6.45) is 4.74. The molecule has 0 aliphatic heterocycles. The van der Waals surface area contributed by atoms with Crippen LogP contribution in [0.3, 0.4) is 0 Å². The van der Waals surface area contributed by atoms with E-state index in [4.69, 9.17) is 5.11 Å². The van der Waals surface area contributed by atoms with Crippen molar-refractivity contribution < 1.29 is 14.7 Å². The first-order chi connectivity index (χ1) is 14.6. The van der Waals surface area contributed by atoms with Crippen LogP contribution in [0.5, 0.6) is 0 Å². The van der Waals surface area contributed by atoms with Crippen LogP contribution in [0.15, 0.2) is 54.9 Å². The van der Waals surface area contributed by atoms with E-state index in [0.717, 1.165) is 28.4 Å². The summed E-state index contributed by atoms with van der Waals surface area (Å²) in [5.41, 5.74) is 4.72. The largest absolute Gasteiger partial charge is 0.480 e. The van der Waals surface area contributed by atoms with Gasteiger partial charge in [-0.15, -0.1) is 5.92 Å². The van der Waals surface area contributed by atoms with Crippen LogP contribution in [0, 0.1) is 11.8 Å². The minimum Gasteiger partial charge on any atom is -0.480 e. The van der Waals surface area contributed by atoms with E-state index in [1.807, 2.05) is 30.6 Å². The second-order valence-electron chi connectivity index (χ2n) is 7.09. The summed E-state index contributed by atoms with van der Waals surface area (Å²) in [4.78, 5) is 31.7. The van der Waals surface area contributed by atoms with Crippen LogP contribution in [0.4, 0.5) is 0 Å². The van der Waals surface area contributed by atoms with Crippen molar-refractivity contribution in [3.05, 3.63) is 71.5 Å². The molecule has 0 fully saturated rings. The molecule has 0 atom stereocenters. The number of H-pyrrole nitrogens is 2. The molecule has 0 saturated heterocycles. The van der Waals surface area contributed by atoms with Gasteiger partial charge in [0.2, 0.25) is 0 Å². The van der Waals surface area contributed by atoms with E-state index in [2.05, 4.69) is 33.9 Å². The molecule has 0 spiro atoms. The summed E-state index contributed by atoms with van der Waals surface area (Å²) in [5, 5.41) is 11.3. The van der Waals surface area contributed by atoms with Crippen LogP contribution in [-0.4, -0.2) is 44.9 Å². The van der Waals surface area contributed by atoms with Gasteiger partial charge < -0.3 is 20.0 Å². The predicted octanol–water partition coefficient (Wildman–Crippen LogP) is 3.79. The van der Waals surface area contributed by atoms with Crippen molar-refractivity contribution in [2.24, 2.45) is 0 Å². The number of carbonyl (C=O) groups is 2. The van der Waals surface area contributed by atoms with Gasteiger partial charge in [-0.2, -0.15) is 0 Å². The average molecular weight is 399 g/mol. The molecule has 6 heteroatoms. The molecule has 6 nitrogen and oxygen atoms in total. The summed E-state index contributed by atoms with van der Waals surface area (Å²) >= 11 is 0. The van der Waals surface area contributed by atoms with Crippen molar-refractivity contribution in [1.29, 1.82) is 0 Å². The van der Waals surface area contributed by atoms with E-state index in [1.165, 1.54) is 15.8 Å². The Morgan fingerprint density at radius 1 is 1.00 bits per heavy atom. The second kappa shape index (κ2) is 8.18. The van der Waals surface area contributed by atoms with E-state index in [9.17, 15) is 9.59 Å². The highest BCUT2D eigenvalue weighted by atomic mass is 16.4. The fraction of sp³-hybridized carbons (Fsp3) is 0.167. The molecule has 3 N–H and O–H groups in total. The topological polar surface area (TPSA) is 89.2 Å². The number of hydrogen-bond acceptors (Lipinski definition) is 2. The van der Waals surface area contributed by atoms with Crippen molar-refractivity contribution in [3.63, 3.8) is 0 Å². The van der Waals surface area contributed by atoms with Crippen LogP contribution in [0.25, 0.3) is 21.8 Å². The highest BCUT2D eigenvalue weighted by Crippen LogP contribution is 2.26. The first-order valence-corrected chi connectivity index (χ1v) is 9.62. The maximum absolute atomic E-state index is 12.8. The fourth-order valence-electron chi connectivity index (χ4n) is 3.67. The molecular formula is C24H21N3O3. The Labute approximate surface area is 173 Å². The number of fused-ring (bicyclic) bond motifs is 2. The lowest BCUT2D eigenvalue weighted by atomic mass is 10.0. The van der Waals surface area contributed by atoms with Gasteiger partial charge in [-0.1, -0.05) is 30.2 Å². The minimum atomic E-state index is -1.07. The molecule has 0 unspecified atom stereocenters. The van der Waals surface area contributed by atoms with Crippen LogP contribution in [-0.2, 0) is 11.2 Å². The highest BCUT2D eigenvalue weighted by Gasteiger charge is 2.19. The van der Waals surface area contributed by atoms with Crippen molar-refractivity contribution in [2.75, 3.05) is 13.1 Å². The first kappa shape index (κ1) is 19.3. The summed E-state index contributed by atoms with van der Waals surface area (Å²) in [7, 11) is 0. The summed E-state index contributed by atoms with van der Waals surface area (Å²) < 4.78 is 0. The van der Waals surface area contributed by atoms with Crippen LogP contribution < -0.4 is 0 Å². The molecule has 2 heterocycles. The standard InChI is InChI=1S/C24H21N3O3/c1-2-3-10-27(15-23(28)29)24(30)16-8-9-20-18(14-26-22(20)12-16)11-17-13-25-21-7-5-4-6-19(17)21/h4-9,12-14,25-26H,10-11,15H2,1H3,(H,28,29). The third kappa shape index (κ3) is 3.78. The number of hydrogen-bond donors (Lipinski definition) is 3. The number of benzene rings is 2. The van der Waals surface area contributed by atoms with Gasteiger partial charge in [0.05, 0.1) is 6.54 Å². The molecular weight excluding hydrogens is 378 g/mol. The molecule has 4 aromatic rings.